The second-order valence-corrected chi connectivity index (χ2v) is 20.2. The molecule has 12 heteroatoms. The number of aliphatic hydroxyl groups is 1. The van der Waals surface area contributed by atoms with E-state index in [1.807, 2.05) is 45.1 Å². The van der Waals surface area contributed by atoms with Crippen LogP contribution >= 0.6 is 0 Å². The van der Waals surface area contributed by atoms with Gasteiger partial charge in [0.1, 0.15) is 12.5 Å². The Balaban J connectivity index is 0.00000840. The molecule has 0 unspecified atom stereocenters. The van der Waals surface area contributed by atoms with Crippen molar-refractivity contribution in [3.63, 3.8) is 0 Å². The van der Waals surface area contributed by atoms with Crippen LogP contribution in [0.15, 0.2) is 34.4 Å². The zero-order valence-electron chi connectivity index (χ0n) is 42.2. The molecule has 0 aromatic carbocycles. The molecule has 0 radical (unpaired) electrons. The minimum atomic E-state index is -1.40. The van der Waals surface area contributed by atoms with E-state index in [0.717, 1.165) is 42.5 Å². The summed E-state index contributed by atoms with van der Waals surface area (Å²) in [6.07, 6.45) is 20.0. The first-order valence-corrected chi connectivity index (χ1v) is 24.8. The van der Waals surface area contributed by atoms with E-state index in [0.29, 0.717) is 74.3 Å². The normalized spacial score (nSPS) is 25.3. The molecule has 0 spiro atoms. The average molecular weight is 928 g/mol. The third-order valence-electron chi connectivity index (χ3n) is 14.8. The van der Waals surface area contributed by atoms with Crippen LogP contribution in [0.1, 0.15) is 194 Å². The zero-order chi connectivity index (χ0) is 48.0. The van der Waals surface area contributed by atoms with Gasteiger partial charge in [0.15, 0.2) is 18.4 Å². The summed E-state index contributed by atoms with van der Waals surface area (Å²) in [6, 6.07) is 0. The van der Waals surface area contributed by atoms with Gasteiger partial charge in [-0.2, -0.15) is 22.8 Å². The number of fused-ring (bicyclic) bond motifs is 7. The summed E-state index contributed by atoms with van der Waals surface area (Å²) in [4.78, 5) is 64.8. The molecular formula is C55H74MgN4O7-2. The van der Waals surface area contributed by atoms with E-state index >= 15 is 0 Å². The van der Waals surface area contributed by atoms with Gasteiger partial charge in [-0.05, 0) is 94.5 Å². The number of allylic oxidation sites excluding steroid dienone is 5. The maximum absolute atomic E-state index is 14.4. The number of aromatic nitrogens is 2. The van der Waals surface area contributed by atoms with Crippen LogP contribution < -0.4 is 9.97 Å². The largest absolute Gasteiger partial charge is 2.00 e. The minimum Gasteiger partial charge on any atom is -0.664 e. The van der Waals surface area contributed by atoms with Crippen LogP contribution in [0.3, 0.4) is 0 Å². The van der Waals surface area contributed by atoms with Crippen molar-refractivity contribution in [1.29, 1.82) is 0 Å². The zero-order valence-corrected chi connectivity index (χ0v) is 43.6. The average Bonchev–Trinajstić information content (AvgIpc) is 4.00. The quantitative estimate of drug-likeness (QED) is 0.0320. The molecule has 5 heterocycles. The maximum atomic E-state index is 14.4. The van der Waals surface area contributed by atoms with E-state index in [1.54, 1.807) is 6.92 Å². The van der Waals surface area contributed by atoms with Gasteiger partial charge in [0.2, 0.25) is 0 Å². The molecule has 3 aliphatic heterocycles. The van der Waals surface area contributed by atoms with E-state index in [9.17, 15) is 24.3 Å². The van der Waals surface area contributed by atoms with Gasteiger partial charge in [-0.1, -0.05) is 140 Å². The molecule has 4 aliphatic rings. The third kappa shape index (κ3) is 12.4. The molecule has 67 heavy (non-hydrogen) atoms. The van der Waals surface area contributed by atoms with Crippen molar-refractivity contribution in [2.24, 2.45) is 47.3 Å². The fourth-order valence-electron chi connectivity index (χ4n) is 10.6. The molecule has 0 amide bonds. The number of aliphatic hydroxyl groups excluding tert-OH is 1. The van der Waals surface area contributed by atoms with Crippen LogP contribution in [0.4, 0.5) is 0 Å². The van der Waals surface area contributed by atoms with E-state index < -0.39 is 30.4 Å². The molecule has 6 rings (SSSR count). The molecule has 7 atom stereocenters. The number of carbonyl (C=O) groups excluding carboxylic acids is 4. The van der Waals surface area contributed by atoms with Crippen molar-refractivity contribution in [3.8, 4) is 0 Å². The monoisotopic (exact) mass is 927 g/mol. The Kier molecular flexibility index (Phi) is 19.2. The summed E-state index contributed by atoms with van der Waals surface area (Å²) in [5, 5.41) is 19.9. The van der Waals surface area contributed by atoms with E-state index in [2.05, 4.69) is 48.5 Å². The minimum absolute atomic E-state index is 0. The van der Waals surface area contributed by atoms with Gasteiger partial charge in [0.25, 0.3) is 0 Å². The van der Waals surface area contributed by atoms with Gasteiger partial charge < -0.3 is 35.2 Å². The van der Waals surface area contributed by atoms with Crippen LogP contribution in [-0.2, 0) is 19.1 Å². The van der Waals surface area contributed by atoms with Crippen LogP contribution in [0.5, 0.6) is 0 Å². The molecule has 2 fully saturated rings. The molecule has 0 saturated carbocycles. The van der Waals surface area contributed by atoms with Gasteiger partial charge in [-0.25, -0.2) is 0 Å². The third-order valence-corrected chi connectivity index (χ3v) is 14.8. The molecule has 360 valence electrons. The Bertz CT molecular complexity index is 2310. The Morgan fingerprint density at radius 1 is 0.761 bits per heavy atom. The van der Waals surface area contributed by atoms with Crippen LogP contribution in [0.2, 0.25) is 0 Å². The van der Waals surface area contributed by atoms with Gasteiger partial charge in [0.05, 0.1) is 0 Å². The van der Waals surface area contributed by atoms with Crippen LogP contribution in [-0.4, -0.2) is 65.1 Å². The topological polar surface area (TPSA) is 163 Å². The molecule has 2 saturated heterocycles. The van der Waals surface area contributed by atoms with E-state index in [4.69, 9.17) is 30.1 Å². The number of esters is 2. The molecule has 1 N–H and O–H groups in total. The predicted octanol–water partition coefficient (Wildman–Crippen LogP) is 12.2. The van der Waals surface area contributed by atoms with Gasteiger partial charge in [-0.15, -0.1) is 22.8 Å². The number of nitrogens with zero attached hydrogens (tertiary/aromatic N) is 4. The first kappa shape index (κ1) is 53.8. The Labute approximate surface area is 416 Å². The molecule has 2 aromatic heterocycles. The Morgan fingerprint density at radius 2 is 1.36 bits per heavy atom. The van der Waals surface area contributed by atoms with Crippen molar-refractivity contribution >= 4 is 70.4 Å². The van der Waals surface area contributed by atoms with Gasteiger partial charge in [0, 0.05) is 17.5 Å². The van der Waals surface area contributed by atoms with Gasteiger partial charge in [-0.3, -0.25) is 19.2 Å². The summed E-state index contributed by atoms with van der Waals surface area (Å²) < 4.78 is 10.9. The molecule has 11 nitrogen and oxygen atoms in total. The van der Waals surface area contributed by atoms with Crippen molar-refractivity contribution in [1.82, 2.24) is 9.97 Å². The maximum Gasteiger partial charge on any atom is 2.00 e. The molecular weight excluding hydrogens is 853 g/mol. The second kappa shape index (κ2) is 23.9. The van der Waals surface area contributed by atoms with Crippen molar-refractivity contribution in [2.45, 2.75) is 153 Å². The number of ether oxygens (including phenoxy) is 2. The number of ketones is 2. The van der Waals surface area contributed by atoms with Crippen LogP contribution in [0.25, 0.3) is 34.4 Å². The van der Waals surface area contributed by atoms with Crippen molar-refractivity contribution < 1.29 is 33.8 Å². The summed E-state index contributed by atoms with van der Waals surface area (Å²) in [6.45, 7) is 22.2. The SMILES string of the molecule is CC[C@H]1/C2=C/c3[n-]c4c(c3C)C(=O)[C@H](C(=O)OCO)/C4=C3/[N-]/C(=C\c4[n-]c(c(C(C)=O)c4C)/C=C(\[N-]2)[C@@H]1C)[C@@H](C)[C@@H]3CCC(=O)OC/C=C(\C)CCC[C@H](C)CCC[C@H](C)CCCC(C)C.[Mg+2]. The van der Waals surface area contributed by atoms with Crippen LogP contribution in [0, 0.1) is 61.2 Å². The second-order valence-electron chi connectivity index (χ2n) is 20.2. The fraction of sp³-hybridized carbons (Fsp3) is 0.600. The fourth-order valence-corrected chi connectivity index (χ4v) is 10.6. The number of rotatable bonds is 21. The number of Topliss-reactive ketones (excluding diaryl/α,β-unsaturated/α-hetero) is 2. The first-order chi connectivity index (χ1) is 31.4. The molecule has 2 aromatic rings. The molecule has 8 bridgehead atoms. The first-order valence-electron chi connectivity index (χ1n) is 24.8. The Hall–Kier alpha value is -4.13. The van der Waals surface area contributed by atoms with E-state index in [1.165, 1.54) is 50.5 Å². The number of hydrogen-bond acceptors (Lipinski definition) is 7. The van der Waals surface area contributed by atoms with Crippen molar-refractivity contribution in [2.75, 3.05) is 13.4 Å². The summed E-state index contributed by atoms with van der Waals surface area (Å²) >= 11 is 0. The summed E-state index contributed by atoms with van der Waals surface area (Å²) in [5.41, 5.74) is 8.46. The standard InChI is InChI=1S/C55H76N4O7.Mg/c1-12-39-34(7)41-28-46-48(38(11)61)36(9)43(57-46)26-42-35(8)40(22-23-47(62)65-25-24-33(6)21-15-20-32(5)19-14-18-31(4)17-13-16-30(2)3)52(58-42)50-51(55(64)66-29-60)54(63)49-37(10)44(59-53(49)50)27-45(39)56-41;/h24,26-28,30-32,34-35,39-40,51,60H,12-23,25,29H2,1-11H3,(H2-2,56,57,58,59,61,63);/q-2;+2/p-2/b33-24+,42-26-,45-27-;/t31-,32-,34-,35+,39-,40+,51-;/m1./s1. The van der Waals surface area contributed by atoms with Gasteiger partial charge >= 0.3 is 35.0 Å². The molecule has 1 aliphatic carbocycles. The predicted molar refractivity (Wildman–Crippen MR) is 268 cm³/mol. The number of carbonyl (C=O) groups is 4. The smallest absolute Gasteiger partial charge is 0.664 e. The summed E-state index contributed by atoms with van der Waals surface area (Å²) in [7, 11) is 0. The van der Waals surface area contributed by atoms with E-state index in [-0.39, 0.29) is 65.6 Å². The number of hydrogen-bond donors (Lipinski definition) is 1. The Morgan fingerprint density at radius 3 is 2.00 bits per heavy atom. The van der Waals surface area contributed by atoms with Crippen molar-refractivity contribution in [3.05, 3.63) is 90.1 Å². The summed E-state index contributed by atoms with van der Waals surface area (Å²) in [5.74, 6) is -1.58.